The number of aromatic nitrogens is 1. The maximum absolute atomic E-state index is 12.3. The third-order valence-corrected chi connectivity index (χ3v) is 5.81. The first-order valence-electron chi connectivity index (χ1n) is 8.17. The van der Waals surface area contributed by atoms with Crippen LogP contribution in [0, 0.1) is 6.92 Å². The zero-order valence-corrected chi connectivity index (χ0v) is 14.1. The van der Waals surface area contributed by atoms with E-state index in [1.54, 1.807) is 11.3 Å². The van der Waals surface area contributed by atoms with E-state index in [1.165, 1.54) is 38.9 Å². The molecule has 2 N–H and O–H groups in total. The van der Waals surface area contributed by atoms with Gasteiger partial charge in [0.25, 0.3) is 5.91 Å². The Hall–Kier alpha value is -2.07. The number of benzene rings is 1. The fourth-order valence-corrected chi connectivity index (χ4v) is 4.52. The Morgan fingerprint density at radius 1 is 1.30 bits per heavy atom. The third kappa shape index (κ3) is 2.79. The lowest BCUT2D eigenvalue weighted by Crippen LogP contribution is -2.24. The smallest absolute Gasteiger partial charge is 0.261 e. The zero-order chi connectivity index (χ0) is 15.8. The monoisotopic (exact) mass is 324 g/mol. The summed E-state index contributed by atoms with van der Waals surface area (Å²) in [5, 5.41) is 4.31. The Morgan fingerprint density at radius 2 is 2.22 bits per heavy atom. The second-order valence-corrected chi connectivity index (χ2v) is 7.42. The van der Waals surface area contributed by atoms with E-state index in [2.05, 4.69) is 47.7 Å². The number of H-pyrrole nitrogens is 1. The summed E-state index contributed by atoms with van der Waals surface area (Å²) < 4.78 is 0. The molecule has 0 saturated carbocycles. The average Bonchev–Trinajstić information content (AvgIpc) is 3.20. The molecule has 118 valence electrons. The summed E-state index contributed by atoms with van der Waals surface area (Å²) in [6.07, 6.45) is 6.41. The van der Waals surface area contributed by atoms with Crippen molar-refractivity contribution in [2.75, 3.05) is 6.54 Å². The number of aromatic amines is 1. The van der Waals surface area contributed by atoms with Crippen LogP contribution >= 0.6 is 11.3 Å². The largest absolute Gasteiger partial charge is 0.361 e. The molecule has 3 nitrogen and oxygen atoms in total. The number of hydrogen-bond acceptors (Lipinski definition) is 2. The molecule has 1 amide bonds. The van der Waals surface area contributed by atoms with Crippen LogP contribution in [0.25, 0.3) is 10.9 Å². The summed E-state index contributed by atoms with van der Waals surface area (Å²) in [5.74, 6) is 0.0695. The molecule has 2 aromatic heterocycles. The zero-order valence-electron chi connectivity index (χ0n) is 13.2. The van der Waals surface area contributed by atoms with Crippen molar-refractivity contribution in [1.82, 2.24) is 10.3 Å². The van der Waals surface area contributed by atoms with E-state index in [1.807, 2.05) is 0 Å². The highest BCUT2D eigenvalue weighted by Crippen LogP contribution is 2.30. The molecule has 1 aliphatic carbocycles. The van der Waals surface area contributed by atoms with Crippen molar-refractivity contribution in [2.24, 2.45) is 0 Å². The molecular weight excluding hydrogens is 304 g/mol. The Bertz CT molecular complexity index is 853. The van der Waals surface area contributed by atoms with Crippen molar-refractivity contribution in [1.29, 1.82) is 0 Å². The fourth-order valence-electron chi connectivity index (χ4n) is 3.35. The van der Waals surface area contributed by atoms with Gasteiger partial charge < -0.3 is 10.3 Å². The summed E-state index contributed by atoms with van der Waals surface area (Å²) in [6, 6.07) is 8.52. The number of nitrogens with one attached hydrogen (secondary N) is 2. The number of hydrogen-bond donors (Lipinski definition) is 2. The normalized spacial score (nSPS) is 13.4. The molecule has 1 aliphatic rings. The molecule has 2 heterocycles. The molecule has 0 bridgehead atoms. The second kappa shape index (κ2) is 5.85. The number of amides is 1. The van der Waals surface area contributed by atoms with Gasteiger partial charge in [-0.25, -0.2) is 0 Å². The van der Waals surface area contributed by atoms with E-state index in [9.17, 15) is 4.79 Å². The van der Waals surface area contributed by atoms with Gasteiger partial charge in [0.1, 0.15) is 0 Å². The third-order valence-electron chi connectivity index (χ3n) is 4.57. The van der Waals surface area contributed by atoms with Gasteiger partial charge in [-0.2, -0.15) is 0 Å². The van der Waals surface area contributed by atoms with Gasteiger partial charge in [-0.05, 0) is 61.4 Å². The molecule has 0 saturated heterocycles. The number of aryl methyl sites for hydroxylation is 3. The predicted octanol–water partition coefficient (Wildman–Crippen LogP) is 4.00. The van der Waals surface area contributed by atoms with E-state index in [-0.39, 0.29) is 5.91 Å². The van der Waals surface area contributed by atoms with Gasteiger partial charge in [-0.1, -0.05) is 12.1 Å². The van der Waals surface area contributed by atoms with E-state index in [0.29, 0.717) is 6.54 Å². The van der Waals surface area contributed by atoms with Gasteiger partial charge in [0, 0.05) is 28.5 Å². The maximum Gasteiger partial charge on any atom is 0.261 e. The molecule has 4 rings (SSSR count). The molecule has 0 atom stereocenters. The minimum Gasteiger partial charge on any atom is -0.361 e. The lowest BCUT2D eigenvalue weighted by atomic mass is 10.1. The Morgan fingerprint density at radius 3 is 3.09 bits per heavy atom. The predicted molar refractivity (Wildman–Crippen MR) is 95.4 cm³/mol. The van der Waals surface area contributed by atoms with Gasteiger partial charge in [-0.15, -0.1) is 11.3 Å². The van der Waals surface area contributed by atoms with Crippen LogP contribution in [-0.4, -0.2) is 17.4 Å². The molecule has 4 heteroatoms. The van der Waals surface area contributed by atoms with Gasteiger partial charge >= 0.3 is 0 Å². The number of thiophene rings is 1. The lowest BCUT2D eigenvalue weighted by Gasteiger charge is -2.03. The summed E-state index contributed by atoms with van der Waals surface area (Å²) in [5.41, 5.74) is 5.06. The van der Waals surface area contributed by atoms with Crippen LogP contribution in [-0.2, 0) is 19.3 Å². The number of carbonyl (C=O) groups is 1. The molecule has 0 unspecified atom stereocenters. The summed E-state index contributed by atoms with van der Waals surface area (Å²) in [4.78, 5) is 17.9. The minimum absolute atomic E-state index is 0.0695. The van der Waals surface area contributed by atoms with Crippen LogP contribution < -0.4 is 5.32 Å². The van der Waals surface area contributed by atoms with Gasteiger partial charge in [0.15, 0.2) is 0 Å². The van der Waals surface area contributed by atoms with Crippen molar-refractivity contribution in [3.8, 4) is 0 Å². The standard InChI is InChI=1S/C19H20N2OS/c1-12-5-6-15-14(11-21-16(15)9-12)7-8-20-19(22)18-10-13-3-2-4-17(13)23-18/h5-6,9-11,21H,2-4,7-8H2,1H3,(H,20,22). The minimum atomic E-state index is 0.0695. The van der Waals surface area contributed by atoms with E-state index in [0.717, 1.165) is 24.1 Å². The topological polar surface area (TPSA) is 44.9 Å². The highest BCUT2D eigenvalue weighted by molar-refractivity contribution is 7.14. The van der Waals surface area contributed by atoms with Crippen molar-refractivity contribution in [3.63, 3.8) is 0 Å². The van der Waals surface area contributed by atoms with Crippen LogP contribution in [0.1, 0.15) is 37.7 Å². The van der Waals surface area contributed by atoms with Gasteiger partial charge in [0.2, 0.25) is 0 Å². The number of fused-ring (bicyclic) bond motifs is 2. The molecule has 3 aromatic rings. The van der Waals surface area contributed by atoms with Crippen molar-refractivity contribution in [3.05, 3.63) is 56.9 Å². The van der Waals surface area contributed by atoms with E-state index >= 15 is 0 Å². The van der Waals surface area contributed by atoms with E-state index in [4.69, 9.17) is 0 Å². The van der Waals surface area contributed by atoms with Gasteiger partial charge in [-0.3, -0.25) is 4.79 Å². The molecule has 0 fully saturated rings. The molecule has 0 radical (unpaired) electrons. The molecule has 0 spiro atoms. The SMILES string of the molecule is Cc1ccc2c(CCNC(=O)c3cc4c(s3)CCC4)c[nH]c2c1. The first kappa shape index (κ1) is 14.5. The lowest BCUT2D eigenvalue weighted by molar-refractivity contribution is 0.0958. The Balaban J connectivity index is 1.39. The second-order valence-electron chi connectivity index (χ2n) is 6.28. The maximum atomic E-state index is 12.3. The van der Waals surface area contributed by atoms with Gasteiger partial charge in [0.05, 0.1) is 4.88 Å². The highest BCUT2D eigenvalue weighted by Gasteiger charge is 2.18. The van der Waals surface area contributed by atoms with E-state index < -0.39 is 0 Å². The van der Waals surface area contributed by atoms with Crippen LogP contribution in [0.2, 0.25) is 0 Å². The first-order valence-corrected chi connectivity index (χ1v) is 8.99. The summed E-state index contributed by atoms with van der Waals surface area (Å²) >= 11 is 1.66. The van der Waals surface area contributed by atoms with Crippen molar-refractivity contribution >= 4 is 28.1 Å². The first-order chi connectivity index (χ1) is 11.2. The Kier molecular flexibility index (Phi) is 3.69. The molecular formula is C19H20N2OS. The molecule has 0 aliphatic heterocycles. The summed E-state index contributed by atoms with van der Waals surface area (Å²) in [6.45, 7) is 2.76. The summed E-state index contributed by atoms with van der Waals surface area (Å²) in [7, 11) is 0. The Labute approximate surface area is 139 Å². The average molecular weight is 324 g/mol. The van der Waals surface area contributed by atoms with Crippen LogP contribution in [0.3, 0.4) is 0 Å². The van der Waals surface area contributed by atoms with Crippen LogP contribution in [0.15, 0.2) is 30.5 Å². The van der Waals surface area contributed by atoms with Crippen molar-refractivity contribution < 1.29 is 4.79 Å². The molecule has 1 aromatic carbocycles. The van der Waals surface area contributed by atoms with Crippen LogP contribution in [0.4, 0.5) is 0 Å². The number of rotatable bonds is 4. The van der Waals surface area contributed by atoms with Crippen LogP contribution in [0.5, 0.6) is 0 Å². The molecule has 23 heavy (non-hydrogen) atoms. The van der Waals surface area contributed by atoms with Crippen molar-refractivity contribution in [2.45, 2.75) is 32.6 Å². The number of carbonyl (C=O) groups excluding carboxylic acids is 1. The fraction of sp³-hybridized carbons (Fsp3) is 0.316. The highest BCUT2D eigenvalue weighted by atomic mass is 32.1. The quantitative estimate of drug-likeness (QED) is 0.748.